The van der Waals surface area contributed by atoms with Crippen molar-refractivity contribution in [2.45, 2.75) is 25.9 Å². The van der Waals surface area contributed by atoms with E-state index in [2.05, 4.69) is 41.6 Å². The van der Waals surface area contributed by atoms with Gasteiger partial charge >= 0.3 is 0 Å². The van der Waals surface area contributed by atoms with Gasteiger partial charge in [0.1, 0.15) is 6.54 Å². The van der Waals surface area contributed by atoms with Gasteiger partial charge in [-0.1, -0.05) is 49.4 Å². The van der Waals surface area contributed by atoms with Crippen LogP contribution < -0.4 is 5.32 Å². The Balaban J connectivity index is 0.00000210. The number of amides is 1. The maximum atomic E-state index is 13.0. The Morgan fingerprint density at radius 2 is 1.96 bits per heavy atom. The van der Waals surface area contributed by atoms with Crippen molar-refractivity contribution in [3.63, 3.8) is 0 Å². The summed E-state index contributed by atoms with van der Waals surface area (Å²) in [4.78, 5) is 15.0. The summed E-state index contributed by atoms with van der Waals surface area (Å²) in [5.41, 5.74) is 3.43. The number of nitrogens with one attached hydrogen (secondary N) is 1. The lowest BCUT2D eigenvalue weighted by molar-refractivity contribution is -0.135. The van der Waals surface area contributed by atoms with E-state index in [1.807, 2.05) is 35.4 Å². The van der Waals surface area contributed by atoms with Crippen LogP contribution in [0.15, 0.2) is 54.7 Å². The molecule has 142 valence electrons. The van der Waals surface area contributed by atoms with Crippen LogP contribution in [-0.2, 0) is 17.8 Å². The predicted molar refractivity (Wildman–Crippen MR) is 110 cm³/mol. The molecule has 0 radical (unpaired) electrons. The highest BCUT2D eigenvalue weighted by atomic mass is 35.5. The van der Waals surface area contributed by atoms with Crippen molar-refractivity contribution < 1.29 is 4.79 Å². The Kier molecular flexibility index (Phi) is 6.14. The van der Waals surface area contributed by atoms with Gasteiger partial charge in [0, 0.05) is 31.2 Å². The van der Waals surface area contributed by atoms with Crippen molar-refractivity contribution in [2.24, 2.45) is 0 Å². The normalized spacial score (nSPS) is 16.9. The van der Waals surface area contributed by atoms with Crippen LogP contribution in [0.4, 0.5) is 0 Å². The van der Waals surface area contributed by atoms with Crippen molar-refractivity contribution in [3.05, 3.63) is 65.9 Å². The van der Waals surface area contributed by atoms with Crippen LogP contribution in [-0.4, -0.2) is 40.2 Å². The minimum Gasteiger partial charge on any atom is -0.331 e. The fourth-order valence-corrected chi connectivity index (χ4v) is 3.60. The summed E-state index contributed by atoms with van der Waals surface area (Å²) >= 11 is 0. The fraction of sp³-hybridized carbons (Fsp3) is 0.333. The van der Waals surface area contributed by atoms with Gasteiger partial charge < -0.3 is 10.2 Å². The summed E-state index contributed by atoms with van der Waals surface area (Å²) in [5.74, 6) is 0.115. The molecule has 2 heterocycles. The molecule has 27 heavy (non-hydrogen) atoms. The van der Waals surface area contributed by atoms with Crippen LogP contribution >= 0.6 is 12.4 Å². The molecule has 0 bridgehead atoms. The van der Waals surface area contributed by atoms with Gasteiger partial charge in [-0.25, -0.2) is 0 Å². The molecule has 2 aromatic carbocycles. The Morgan fingerprint density at radius 3 is 2.70 bits per heavy atom. The standard InChI is InChI=1S/C21H24N4O.ClH/c1-2-16-7-9-17(10-8-16)20-13-22-11-12-25(20)21(26)15-24-14-18-5-3-4-6-19(18)23-24;/h3-10,14,20,22H,2,11-13,15H2,1H3;1H. The summed E-state index contributed by atoms with van der Waals surface area (Å²) in [6, 6.07) is 16.6. The first kappa shape index (κ1) is 19.4. The van der Waals surface area contributed by atoms with Gasteiger partial charge in [-0.05, 0) is 23.6 Å². The number of nitrogens with zero attached hydrogens (tertiary/aromatic N) is 3. The zero-order valence-electron chi connectivity index (χ0n) is 15.5. The number of carbonyl (C=O) groups is 1. The second-order valence-electron chi connectivity index (χ2n) is 6.79. The quantitative estimate of drug-likeness (QED) is 0.751. The highest BCUT2D eigenvalue weighted by molar-refractivity contribution is 5.85. The maximum Gasteiger partial charge on any atom is 0.244 e. The monoisotopic (exact) mass is 384 g/mol. The van der Waals surface area contributed by atoms with E-state index in [4.69, 9.17) is 0 Å². The Labute approximate surface area is 165 Å². The summed E-state index contributed by atoms with van der Waals surface area (Å²) in [6.45, 7) is 4.77. The number of hydrogen-bond acceptors (Lipinski definition) is 3. The van der Waals surface area contributed by atoms with Gasteiger partial charge in [-0.3, -0.25) is 9.48 Å². The number of hydrogen-bond donors (Lipinski definition) is 1. The third-order valence-corrected chi connectivity index (χ3v) is 5.09. The average Bonchev–Trinajstić information content (AvgIpc) is 3.10. The SMILES string of the molecule is CCc1ccc(C2CNCCN2C(=O)Cn2cc3ccccc3n2)cc1.Cl. The summed E-state index contributed by atoms with van der Waals surface area (Å²) in [7, 11) is 0. The lowest BCUT2D eigenvalue weighted by Crippen LogP contribution is -2.49. The molecule has 1 fully saturated rings. The molecule has 6 heteroatoms. The van der Waals surface area contributed by atoms with E-state index in [1.54, 1.807) is 4.68 Å². The van der Waals surface area contributed by atoms with Gasteiger partial charge in [-0.2, -0.15) is 5.10 Å². The van der Waals surface area contributed by atoms with E-state index in [0.717, 1.165) is 37.0 Å². The molecule has 0 aliphatic carbocycles. The zero-order chi connectivity index (χ0) is 17.9. The summed E-state index contributed by atoms with van der Waals surface area (Å²) in [6.07, 6.45) is 2.97. The number of piperazine rings is 1. The number of aromatic nitrogens is 2. The lowest BCUT2D eigenvalue weighted by atomic mass is 10.0. The number of aryl methyl sites for hydroxylation is 1. The first-order valence-corrected chi connectivity index (χ1v) is 9.26. The largest absolute Gasteiger partial charge is 0.331 e. The number of fused-ring (bicyclic) bond motifs is 1. The van der Waals surface area contributed by atoms with Gasteiger partial charge in [-0.15, -0.1) is 12.4 Å². The summed E-state index contributed by atoms with van der Waals surface area (Å²) in [5, 5.41) is 9.00. The van der Waals surface area contributed by atoms with Crippen molar-refractivity contribution in [1.29, 1.82) is 0 Å². The van der Waals surface area contributed by atoms with Crippen molar-refractivity contribution in [1.82, 2.24) is 20.0 Å². The van der Waals surface area contributed by atoms with Crippen LogP contribution in [0.1, 0.15) is 24.1 Å². The number of rotatable bonds is 4. The van der Waals surface area contributed by atoms with Crippen molar-refractivity contribution in [3.8, 4) is 0 Å². The molecule has 1 amide bonds. The molecule has 1 aliphatic heterocycles. The smallest absolute Gasteiger partial charge is 0.244 e. The topological polar surface area (TPSA) is 50.2 Å². The molecule has 1 aromatic heterocycles. The number of carbonyl (C=O) groups excluding carboxylic acids is 1. The molecule has 4 rings (SSSR count). The Hall–Kier alpha value is -2.37. The van der Waals surface area contributed by atoms with E-state index in [-0.39, 0.29) is 30.9 Å². The van der Waals surface area contributed by atoms with E-state index in [9.17, 15) is 4.79 Å². The highest BCUT2D eigenvalue weighted by Crippen LogP contribution is 2.23. The van der Waals surface area contributed by atoms with Gasteiger partial charge in [0.05, 0.1) is 11.6 Å². The third-order valence-electron chi connectivity index (χ3n) is 5.09. The lowest BCUT2D eigenvalue weighted by Gasteiger charge is -2.36. The fourth-order valence-electron chi connectivity index (χ4n) is 3.60. The number of benzene rings is 2. The first-order chi connectivity index (χ1) is 12.7. The van der Waals surface area contributed by atoms with Crippen LogP contribution in [0.5, 0.6) is 0 Å². The van der Waals surface area contributed by atoms with E-state index in [1.165, 1.54) is 11.1 Å². The number of halogens is 1. The van der Waals surface area contributed by atoms with E-state index < -0.39 is 0 Å². The molecule has 1 saturated heterocycles. The summed E-state index contributed by atoms with van der Waals surface area (Å²) < 4.78 is 1.76. The van der Waals surface area contributed by atoms with Crippen LogP contribution in [0.3, 0.4) is 0 Å². The highest BCUT2D eigenvalue weighted by Gasteiger charge is 2.28. The van der Waals surface area contributed by atoms with Gasteiger partial charge in [0.2, 0.25) is 5.91 Å². The van der Waals surface area contributed by atoms with Gasteiger partial charge in [0.25, 0.3) is 0 Å². The van der Waals surface area contributed by atoms with Crippen LogP contribution in [0.25, 0.3) is 10.9 Å². The molecule has 0 saturated carbocycles. The average molecular weight is 385 g/mol. The molecule has 1 unspecified atom stereocenters. The molecular weight excluding hydrogens is 360 g/mol. The maximum absolute atomic E-state index is 13.0. The third kappa shape index (κ3) is 4.15. The predicted octanol–water partition coefficient (Wildman–Crippen LogP) is 3.19. The molecule has 0 spiro atoms. The Morgan fingerprint density at radius 1 is 1.19 bits per heavy atom. The molecule has 1 aliphatic rings. The van der Waals surface area contributed by atoms with E-state index >= 15 is 0 Å². The Bertz CT molecular complexity index is 873. The molecular formula is C21H25ClN4O. The zero-order valence-corrected chi connectivity index (χ0v) is 16.3. The molecule has 1 N–H and O–H groups in total. The minimum atomic E-state index is 0. The first-order valence-electron chi connectivity index (χ1n) is 9.26. The van der Waals surface area contributed by atoms with Crippen molar-refractivity contribution in [2.75, 3.05) is 19.6 Å². The van der Waals surface area contributed by atoms with Crippen molar-refractivity contribution >= 4 is 29.2 Å². The van der Waals surface area contributed by atoms with Crippen LogP contribution in [0, 0.1) is 0 Å². The molecule has 3 aromatic rings. The minimum absolute atomic E-state index is 0. The molecule has 1 atom stereocenters. The molecule has 5 nitrogen and oxygen atoms in total. The van der Waals surface area contributed by atoms with Gasteiger partial charge in [0.15, 0.2) is 0 Å². The second kappa shape index (κ2) is 8.55. The van der Waals surface area contributed by atoms with Crippen LogP contribution in [0.2, 0.25) is 0 Å². The van der Waals surface area contributed by atoms with E-state index in [0.29, 0.717) is 0 Å². The second-order valence-corrected chi connectivity index (χ2v) is 6.79.